The van der Waals surface area contributed by atoms with Gasteiger partial charge in [0, 0.05) is 54.9 Å². The zero-order valence-corrected chi connectivity index (χ0v) is 21.0. The van der Waals surface area contributed by atoms with Gasteiger partial charge in [0.25, 0.3) is 0 Å². The number of rotatable bonds is 5. The lowest BCUT2D eigenvalue weighted by molar-refractivity contribution is 0.134. The summed E-state index contributed by atoms with van der Waals surface area (Å²) in [5.41, 5.74) is 7.19. The molecule has 2 aromatic heterocycles. The van der Waals surface area contributed by atoms with Gasteiger partial charge in [-0.1, -0.05) is 35.9 Å². The van der Waals surface area contributed by atoms with Crippen molar-refractivity contribution >= 4 is 34.6 Å². The first-order chi connectivity index (χ1) is 18.0. The summed E-state index contributed by atoms with van der Waals surface area (Å²) < 4.78 is 21.0. The number of ether oxygens (including phenoxy) is 1. The molecule has 0 bridgehead atoms. The highest BCUT2D eigenvalue weighted by Crippen LogP contribution is 2.35. The average molecular weight is 517 g/mol. The number of hydrogen-bond acceptors (Lipinski definition) is 4. The van der Waals surface area contributed by atoms with E-state index in [9.17, 15) is 9.18 Å². The van der Waals surface area contributed by atoms with E-state index in [1.54, 1.807) is 6.07 Å². The summed E-state index contributed by atoms with van der Waals surface area (Å²) in [6, 6.07) is 14.9. The van der Waals surface area contributed by atoms with Gasteiger partial charge in [-0.15, -0.1) is 0 Å². The van der Waals surface area contributed by atoms with E-state index in [0.29, 0.717) is 18.8 Å². The maximum absolute atomic E-state index is 13.5. The zero-order valence-electron chi connectivity index (χ0n) is 20.2. The number of aromatic nitrogens is 2. The molecule has 8 heteroatoms. The molecule has 0 atom stereocenters. The quantitative estimate of drug-likeness (QED) is 0.346. The van der Waals surface area contributed by atoms with Gasteiger partial charge in [0.2, 0.25) is 5.95 Å². The average Bonchev–Trinajstić information content (AvgIpc) is 3.49. The molecule has 6 rings (SSSR count). The second-order valence-electron chi connectivity index (χ2n) is 9.48. The molecule has 2 aromatic carbocycles. The zero-order chi connectivity index (χ0) is 25.4. The molecule has 6 nitrogen and oxygen atoms in total. The lowest BCUT2D eigenvalue weighted by Crippen LogP contribution is -2.34. The Balaban J connectivity index is 1.27. The number of benzene rings is 2. The molecule has 37 heavy (non-hydrogen) atoms. The molecule has 1 N–H and O–H groups in total. The van der Waals surface area contributed by atoms with Crippen molar-refractivity contribution in [1.29, 1.82) is 0 Å². The molecule has 0 spiro atoms. The van der Waals surface area contributed by atoms with Crippen LogP contribution in [0.5, 0.6) is 0 Å². The Labute approximate surface area is 219 Å². The van der Waals surface area contributed by atoms with Gasteiger partial charge >= 0.3 is 6.03 Å². The maximum Gasteiger partial charge on any atom is 0.326 e. The van der Waals surface area contributed by atoms with Crippen LogP contribution in [0.4, 0.5) is 9.18 Å². The van der Waals surface area contributed by atoms with Gasteiger partial charge in [0.05, 0.1) is 18.7 Å². The van der Waals surface area contributed by atoms with Crippen LogP contribution in [-0.4, -0.2) is 33.6 Å². The molecule has 2 aliphatic heterocycles. The largest absolute Gasteiger partial charge is 0.372 e. The third-order valence-electron chi connectivity index (χ3n) is 7.05. The van der Waals surface area contributed by atoms with Crippen molar-refractivity contribution in [1.82, 2.24) is 19.8 Å². The number of carbonyl (C=O) groups is 1. The topological polar surface area (TPSA) is 59.4 Å². The first kappa shape index (κ1) is 23.9. The van der Waals surface area contributed by atoms with E-state index in [4.69, 9.17) is 16.3 Å². The Hall–Kier alpha value is -3.52. The van der Waals surface area contributed by atoms with Crippen LogP contribution in [0.1, 0.15) is 33.5 Å². The van der Waals surface area contributed by atoms with E-state index in [1.165, 1.54) is 23.4 Å². The molecular weight excluding hydrogens is 491 g/mol. The molecule has 4 heterocycles. The van der Waals surface area contributed by atoms with Crippen LogP contribution in [0, 0.1) is 5.95 Å². The minimum atomic E-state index is -0.559. The van der Waals surface area contributed by atoms with Crippen molar-refractivity contribution in [2.45, 2.75) is 32.7 Å². The Bertz CT molecular complexity index is 1510. The van der Waals surface area contributed by atoms with Crippen molar-refractivity contribution in [3.63, 3.8) is 0 Å². The smallest absolute Gasteiger partial charge is 0.326 e. The number of nitrogens with one attached hydrogen (secondary N) is 1. The summed E-state index contributed by atoms with van der Waals surface area (Å²) in [5, 5.41) is 4.79. The Kier molecular flexibility index (Phi) is 6.50. The van der Waals surface area contributed by atoms with Gasteiger partial charge in [-0.2, -0.15) is 4.39 Å². The van der Waals surface area contributed by atoms with Gasteiger partial charge in [-0.3, -0.25) is 9.47 Å². The van der Waals surface area contributed by atoms with E-state index in [-0.39, 0.29) is 12.6 Å². The standard InChI is InChI=1S/C29H26ClFN4O2/c30-23-5-3-19(4-6-23)2-1-10-34-11-8-26-25(16-34)24-13-21-17-37-18-22(21)14-27(24)35(26)29(36)33-15-20-7-9-32-28(31)12-20/h1-7,9,12-14H,8,10-11,15-18H2,(H,33,36)/b2-1+. The monoisotopic (exact) mass is 516 g/mol. The number of hydrogen-bond donors (Lipinski definition) is 1. The van der Waals surface area contributed by atoms with Gasteiger partial charge in [0.15, 0.2) is 0 Å². The Morgan fingerprint density at radius 3 is 2.76 bits per heavy atom. The molecular formula is C29H26ClFN4O2. The second-order valence-corrected chi connectivity index (χ2v) is 9.91. The molecule has 188 valence electrons. The SMILES string of the molecule is O=C(NCc1ccnc(F)c1)n1c2c(c3cc4c(cc31)COC4)CN(C/C=C/c1ccc(Cl)cc1)CC2. The summed E-state index contributed by atoms with van der Waals surface area (Å²) in [6.07, 6.45) is 6.44. The molecule has 0 saturated carbocycles. The van der Waals surface area contributed by atoms with Crippen LogP contribution in [0.3, 0.4) is 0 Å². The third-order valence-corrected chi connectivity index (χ3v) is 7.30. The van der Waals surface area contributed by atoms with Crippen LogP contribution in [0.25, 0.3) is 17.0 Å². The maximum atomic E-state index is 13.5. The highest BCUT2D eigenvalue weighted by atomic mass is 35.5. The number of nitrogens with zero attached hydrogens (tertiary/aromatic N) is 3. The predicted octanol–water partition coefficient (Wildman–Crippen LogP) is 5.69. The molecule has 1 amide bonds. The summed E-state index contributed by atoms with van der Waals surface area (Å²) in [5.74, 6) is -0.559. The fourth-order valence-electron chi connectivity index (χ4n) is 5.19. The minimum absolute atomic E-state index is 0.210. The molecule has 4 aromatic rings. The number of amides is 1. The van der Waals surface area contributed by atoms with E-state index in [2.05, 4.69) is 39.5 Å². The minimum Gasteiger partial charge on any atom is -0.372 e. The number of halogens is 2. The Morgan fingerprint density at radius 2 is 1.95 bits per heavy atom. The van der Waals surface area contributed by atoms with E-state index < -0.39 is 5.95 Å². The Morgan fingerprint density at radius 1 is 1.14 bits per heavy atom. The van der Waals surface area contributed by atoms with Crippen LogP contribution in [0.2, 0.25) is 5.02 Å². The van der Waals surface area contributed by atoms with Crippen LogP contribution < -0.4 is 5.32 Å². The lowest BCUT2D eigenvalue weighted by atomic mass is 10.0. The first-order valence-electron chi connectivity index (χ1n) is 12.3. The van der Waals surface area contributed by atoms with Gasteiger partial charge < -0.3 is 10.1 Å². The number of carbonyl (C=O) groups excluding carboxylic acids is 1. The molecule has 0 fully saturated rings. The second kappa shape index (κ2) is 10.1. The summed E-state index contributed by atoms with van der Waals surface area (Å²) in [6.45, 7) is 3.79. The highest BCUT2D eigenvalue weighted by molar-refractivity contribution is 6.30. The molecule has 0 radical (unpaired) electrons. The summed E-state index contributed by atoms with van der Waals surface area (Å²) >= 11 is 5.99. The van der Waals surface area contributed by atoms with Crippen LogP contribution >= 0.6 is 11.6 Å². The van der Waals surface area contributed by atoms with E-state index in [1.807, 2.05) is 28.8 Å². The van der Waals surface area contributed by atoms with Crippen molar-refractivity contribution < 1.29 is 13.9 Å². The van der Waals surface area contributed by atoms with Crippen molar-refractivity contribution in [2.24, 2.45) is 0 Å². The van der Waals surface area contributed by atoms with E-state index in [0.717, 1.165) is 58.8 Å². The fourth-order valence-corrected chi connectivity index (χ4v) is 5.32. The van der Waals surface area contributed by atoms with Crippen molar-refractivity contribution in [2.75, 3.05) is 13.1 Å². The molecule has 2 aliphatic rings. The van der Waals surface area contributed by atoms with E-state index >= 15 is 0 Å². The number of pyridine rings is 1. The number of fused-ring (bicyclic) bond motifs is 4. The first-order valence-corrected chi connectivity index (χ1v) is 12.7. The summed E-state index contributed by atoms with van der Waals surface area (Å²) in [4.78, 5) is 19.4. The van der Waals surface area contributed by atoms with Crippen LogP contribution in [-0.2, 0) is 37.5 Å². The predicted molar refractivity (Wildman–Crippen MR) is 142 cm³/mol. The van der Waals surface area contributed by atoms with Gasteiger partial charge in [-0.25, -0.2) is 9.78 Å². The van der Waals surface area contributed by atoms with Crippen molar-refractivity contribution in [3.05, 3.63) is 105 Å². The normalized spacial score (nSPS) is 15.3. The fraction of sp³-hybridized carbons (Fsp3) is 0.241. The van der Waals surface area contributed by atoms with Crippen molar-refractivity contribution in [3.8, 4) is 0 Å². The van der Waals surface area contributed by atoms with Crippen LogP contribution in [0.15, 0.2) is 60.8 Å². The summed E-state index contributed by atoms with van der Waals surface area (Å²) in [7, 11) is 0. The molecule has 0 unspecified atom stereocenters. The third kappa shape index (κ3) is 4.90. The van der Waals surface area contributed by atoms with Gasteiger partial charge in [-0.05, 0) is 64.2 Å². The molecule has 0 aliphatic carbocycles. The molecule has 0 saturated heterocycles. The van der Waals surface area contributed by atoms with Gasteiger partial charge in [0.1, 0.15) is 0 Å². The highest BCUT2D eigenvalue weighted by Gasteiger charge is 2.28. The lowest BCUT2D eigenvalue weighted by Gasteiger charge is -2.27.